The van der Waals surface area contributed by atoms with E-state index in [4.69, 9.17) is 4.42 Å². The number of carbonyl (C=O) groups is 1. The molecule has 0 aliphatic carbocycles. The number of benzene rings is 2. The number of nitrogens with zero attached hydrogens (tertiary/aromatic N) is 4. The minimum absolute atomic E-state index is 0.0403. The van der Waals surface area contributed by atoms with Gasteiger partial charge in [0.1, 0.15) is 11.6 Å². The van der Waals surface area contributed by atoms with Gasteiger partial charge in [-0.25, -0.2) is 4.39 Å². The number of nitrogens with one attached hydrogen (secondary N) is 1. The molecule has 35 heavy (non-hydrogen) atoms. The van der Waals surface area contributed by atoms with Crippen molar-refractivity contribution in [2.75, 3.05) is 25.4 Å². The van der Waals surface area contributed by atoms with Crippen LogP contribution in [-0.4, -0.2) is 51.0 Å². The molecule has 2 heterocycles. The monoisotopic (exact) mass is 493 g/mol. The third-order valence-electron chi connectivity index (χ3n) is 5.70. The quantitative estimate of drug-likeness (QED) is 0.298. The molecule has 1 amide bonds. The summed E-state index contributed by atoms with van der Waals surface area (Å²) in [6.07, 6.45) is 1.65. The third-order valence-corrected chi connectivity index (χ3v) is 6.63. The Hall–Kier alpha value is -3.43. The van der Waals surface area contributed by atoms with E-state index in [-0.39, 0.29) is 23.5 Å². The molecule has 0 aliphatic heterocycles. The maximum absolute atomic E-state index is 13.6. The van der Waals surface area contributed by atoms with E-state index in [0.29, 0.717) is 17.5 Å². The Labute approximate surface area is 208 Å². The van der Waals surface area contributed by atoms with Crippen LogP contribution < -0.4 is 5.32 Å². The molecule has 0 aliphatic rings. The molecule has 1 atom stereocenters. The molecule has 2 aromatic carbocycles. The van der Waals surface area contributed by atoms with Crippen molar-refractivity contribution in [1.29, 1.82) is 0 Å². The van der Waals surface area contributed by atoms with Crippen LogP contribution in [0.2, 0.25) is 0 Å². The molecule has 7 nitrogen and oxygen atoms in total. The molecule has 9 heteroatoms. The number of aromatic nitrogens is 3. The van der Waals surface area contributed by atoms with E-state index in [1.807, 2.05) is 47.0 Å². The van der Waals surface area contributed by atoms with Gasteiger partial charge in [0.15, 0.2) is 11.0 Å². The Balaban J connectivity index is 1.49. The standard InChI is InChI=1S/C26H28FN5O2S/c1-3-31(4-2)22(23-11-8-16-34-23)17-28-24(33)18-35-26-30-29-25(19-9-6-5-7-10-19)32(26)21-14-12-20(27)13-15-21/h5-16,22H,3-4,17-18H2,1-2H3,(H,28,33)/t22-/m0/s1. The zero-order valence-corrected chi connectivity index (χ0v) is 20.5. The minimum Gasteiger partial charge on any atom is -0.468 e. The molecular weight excluding hydrogens is 465 g/mol. The van der Waals surface area contributed by atoms with Gasteiger partial charge in [-0.05, 0) is 49.5 Å². The fourth-order valence-corrected chi connectivity index (χ4v) is 4.69. The Morgan fingerprint density at radius 1 is 1.06 bits per heavy atom. The van der Waals surface area contributed by atoms with Gasteiger partial charge in [0.2, 0.25) is 5.91 Å². The Bertz CT molecular complexity index is 1210. The summed E-state index contributed by atoms with van der Waals surface area (Å²) in [5, 5.41) is 12.3. The largest absolute Gasteiger partial charge is 0.468 e. The highest BCUT2D eigenvalue weighted by atomic mass is 32.2. The van der Waals surface area contributed by atoms with Crippen LogP contribution in [0, 0.1) is 5.82 Å². The van der Waals surface area contributed by atoms with Crippen molar-refractivity contribution in [1.82, 2.24) is 25.0 Å². The molecule has 0 bridgehead atoms. The fourth-order valence-electron chi connectivity index (χ4n) is 3.91. The molecule has 0 unspecified atom stereocenters. The summed E-state index contributed by atoms with van der Waals surface area (Å²) in [6, 6.07) is 19.5. The van der Waals surface area contributed by atoms with E-state index in [9.17, 15) is 9.18 Å². The molecule has 2 aromatic heterocycles. The second kappa shape index (κ2) is 11.8. The zero-order chi connectivity index (χ0) is 24.6. The molecule has 0 spiro atoms. The van der Waals surface area contributed by atoms with Crippen molar-refractivity contribution in [2.24, 2.45) is 0 Å². The van der Waals surface area contributed by atoms with Crippen molar-refractivity contribution in [3.63, 3.8) is 0 Å². The summed E-state index contributed by atoms with van der Waals surface area (Å²) in [7, 11) is 0. The first-order valence-corrected chi connectivity index (χ1v) is 12.5. The third kappa shape index (κ3) is 5.98. The SMILES string of the molecule is CCN(CC)[C@@H](CNC(=O)CSc1nnc(-c2ccccc2)n1-c1ccc(F)cc1)c1ccco1. The fraction of sp³-hybridized carbons (Fsp3) is 0.269. The van der Waals surface area contributed by atoms with E-state index in [2.05, 4.69) is 34.3 Å². The molecule has 182 valence electrons. The molecule has 0 saturated heterocycles. The minimum atomic E-state index is -0.323. The van der Waals surface area contributed by atoms with Gasteiger partial charge in [0.25, 0.3) is 0 Å². The van der Waals surface area contributed by atoms with Crippen LogP contribution in [0.1, 0.15) is 25.6 Å². The van der Waals surface area contributed by atoms with Gasteiger partial charge in [0.05, 0.1) is 18.1 Å². The van der Waals surface area contributed by atoms with E-state index >= 15 is 0 Å². The molecule has 0 fully saturated rings. The topological polar surface area (TPSA) is 76.2 Å². The van der Waals surface area contributed by atoms with Crippen LogP contribution in [0.4, 0.5) is 4.39 Å². The van der Waals surface area contributed by atoms with Crippen LogP contribution in [0.15, 0.2) is 82.6 Å². The highest BCUT2D eigenvalue weighted by Crippen LogP contribution is 2.28. The molecule has 1 N–H and O–H groups in total. The highest BCUT2D eigenvalue weighted by molar-refractivity contribution is 7.99. The Morgan fingerprint density at radius 2 is 1.80 bits per heavy atom. The number of rotatable bonds is 11. The van der Waals surface area contributed by atoms with Gasteiger partial charge in [0, 0.05) is 17.8 Å². The summed E-state index contributed by atoms with van der Waals surface area (Å²) >= 11 is 1.29. The van der Waals surface area contributed by atoms with Crippen LogP contribution in [0.3, 0.4) is 0 Å². The molecule has 4 rings (SSSR count). The summed E-state index contributed by atoms with van der Waals surface area (Å²) in [6.45, 7) is 6.30. The van der Waals surface area contributed by atoms with Crippen LogP contribution in [0.25, 0.3) is 17.1 Å². The Morgan fingerprint density at radius 3 is 2.46 bits per heavy atom. The number of amides is 1. The van der Waals surface area contributed by atoms with E-state index in [1.165, 1.54) is 23.9 Å². The molecule has 0 radical (unpaired) electrons. The number of carbonyl (C=O) groups excluding carboxylic acids is 1. The summed E-state index contributed by atoms with van der Waals surface area (Å²) in [4.78, 5) is 15.0. The van der Waals surface area contributed by atoms with Gasteiger partial charge >= 0.3 is 0 Å². The van der Waals surface area contributed by atoms with Gasteiger partial charge in [-0.3, -0.25) is 14.3 Å². The average Bonchev–Trinajstić information content (AvgIpc) is 3.57. The van der Waals surface area contributed by atoms with Crippen molar-refractivity contribution in [3.05, 3.63) is 84.6 Å². The normalized spacial score (nSPS) is 12.1. The first-order chi connectivity index (χ1) is 17.1. The first kappa shape index (κ1) is 24.7. The van der Waals surface area contributed by atoms with Gasteiger partial charge in [-0.15, -0.1) is 10.2 Å². The van der Waals surface area contributed by atoms with Crippen LogP contribution in [-0.2, 0) is 4.79 Å². The van der Waals surface area contributed by atoms with Gasteiger partial charge < -0.3 is 9.73 Å². The summed E-state index contributed by atoms with van der Waals surface area (Å²) < 4.78 is 21.0. The number of hydrogen-bond acceptors (Lipinski definition) is 6. The summed E-state index contributed by atoms with van der Waals surface area (Å²) in [5.41, 5.74) is 1.60. The molecule has 4 aromatic rings. The lowest BCUT2D eigenvalue weighted by Gasteiger charge is -2.28. The van der Waals surface area contributed by atoms with Crippen molar-refractivity contribution in [3.8, 4) is 17.1 Å². The Kier molecular flexibility index (Phi) is 8.33. The number of likely N-dealkylation sites (N-methyl/N-ethyl adjacent to an activating group) is 1. The smallest absolute Gasteiger partial charge is 0.230 e. The lowest BCUT2D eigenvalue weighted by atomic mass is 10.2. The van der Waals surface area contributed by atoms with Crippen molar-refractivity contribution >= 4 is 17.7 Å². The first-order valence-electron chi connectivity index (χ1n) is 11.5. The summed E-state index contributed by atoms with van der Waals surface area (Å²) in [5.74, 6) is 1.17. The van der Waals surface area contributed by atoms with Gasteiger partial charge in [-0.1, -0.05) is 55.9 Å². The van der Waals surface area contributed by atoms with Crippen LogP contribution >= 0.6 is 11.8 Å². The predicted molar refractivity (Wildman–Crippen MR) is 135 cm³/mol. The van der Waals surface area contributed by atoms with Crippen LogP contribution in [0.5, 0.6) is 0 Å². The number of halogens is 1. The second-order valence-corrected chi connectivity index (χ2v) is 8.77. The maximum atomic E-state index is 13.6. The number of furan rings is 1. The number of thioether (sulfide) groups is 1. The maximum Gasteiger partial charge on any atom is 0.230 e. The van der Waals surface area contributed by atoms with Crippen molar-refractivity contribution < 1.29 is 13.6 Å². The molecular formula is C26H28FN5O2S. The van der Waals surface area contributed by atoms with E-state index in [1.54, 1.807) is 18.4 Å². The highest BCUT2D eigenvalue weighted by Gasteiger charge is 2.22. The van der Waals surface area contributed by atoms with Gasteiger partial charge in [-0.2, -0.15) is 0 Å². The predicted octanol–water partition coefficient (Wildman–Crippen LogP) is 4.96. The lowest BCUT2D eigenvalue weighted by Crippen LogP contribution is -2.38. The van der Waals surface area contributed by atoms with E-state index < -0.39 is 0 Å². The average molecular weight is 494 g/mol. The molecule has 0 saturated carbocycles. The number of hydrogen-bond donors (Lipinski definition) is 1. The van der Waals surface area contributed by atoms with Crippen molar-refractivity contribution in [2.45, 2.75) is 25.0 Å². The van der Waals surface area contributed by atoms with E-state index in [0.717, 1.165) is 30.1 Å². The second-order valence-electron chi connectivity index (χ2n) is 7.83. The zero-order valence-electron chi connectivity index (χ0n) is 19.7. The lowest BCUT2D eigenvalue weighted by molar-refractivity contribution is -0.118.